The Balaban J connectivity index is 1.64. The number of thioether (sulfide) groups is 1. The number of nitrogens with one attached hydrogen (secondary N) is 1. The molecule has 2 unspecified atom stereocenters. The summed E-state index contributed by atoms with van der Waals surface area (Å²) < 4.78 is 0. The van der Waals surface area contributed by atoms with Crippen LogP contribution >= 0.6 is 11.8 Å². The quantitative estimate of drug-likeness (QED) is 0.899. The maximum Gasteiger partial charge on any atom is 0.0914 e. The smallest absolute Gasteiger partial charge is 0.0914 e. The van der Waals surface area contributed by atoms with Crippen LogP contribution in [-0.2, 0) is 0 Å². The van der Waals surface area contributed by atoms with Crippen LogP contribution < -0.4 is 5.32 Å². The molecule has 3 rings (SSSR count). The van der Waals surface area contributed by atoms with Gasteiger partial charge in [-0.3, -0.25) is 0 Å². The van der Waals surface area contributed by atoms with Crippen LogP contribution in [-0.4, -0.2) is 17.4 Å². The third-order valence-electron chi connectivity index (χ3n) is 3.98. The van der Waals surface area contributed by atoms with Crippen molar-refractivity contribution in [3.63, 3.8) is 0 Å². The number of fused-ring (bicyclic) bond motifs is 1. The maximum absolute atomic E-state index is 10.3. The van der Waals surface area contributed by atoms with Crippen molar-refractivity contribution < 1.29 is 5.11 Å². The number of aliphatic hydroxyl groups is 1. The molecule has 0 fully saturated rings. The molecule has 1 aliphatic rings. The summed E-state index contributed by atoms with van der Waals surface area (Å²) >= 11 is 1.92. The Hall–Kier alpha value is -1.29. The van der Waals surface area contributed by atoms with Crippen LogP contribution in [0.25, 0.3) is 0 Å². The van der Waals surface area contributed by atoms with Crippen LogP contribution in [0.15, 0.2) is 53.4 Å². The first-order valence-corrected chi connectivity index (χ1v) is 8.42. The zero-order chi connectivity index (χ0) is 14.7. The van der Waals surface area contributed by atoms with Gasteiger partial charge in [-0.2, -0.15) is 0 Å². The highest BCUT2D eigenvalue weighted by molar-refractivity contribution is 7.99. The summed E-state index contributed by atoms with van der Waals surface area (Å²) in [6.07, 6.45) is 0.662. The average molecular weight is 299 g/mol. The second kappa shape index (κ2) is 6.65. The molecule has 0 saturated heterocycles. The third kappa shape index (κ3) is 3.49. The lowest BCUT2D eigenvalue weighted by Crippen LogP contribution is -2.28. The van der Waals surface area contributed by atoms with Gasteiger partial charge < -0.3 is 10.4 Å². The normalized spacial score (nSPS) is 19.0. The van der Waals surface area contributed by atoms with Gasteiger partial charge in [-0.15, -0.1) is 11.8 Å². The van der Waals surface area contributed by atoms with E-state index >= 15 is 0 Å². The summed E-state index contributed by atoms with van der Waals surface area (Å²) in [6, 6.07) is 17.0. The average Bonchev–Trinajstić information content (AvgIpc) is 2.53. The molecular formula is C18H21NOS. The molecule has 2 N–H and O–H groups in total. The van der Waals surface area contributed by atoms with E-state index in [-0.39, 0.29) is 0 Å². The fraction of sp³-hybridized carbons (Fsp3) is 0.333. The molecule has 0 aromatic heterocycles. The molecule has 2 atom stereocenters. The Morgan fingerprint density at radius 2 is 1.95 bits per heavy atom. The van der Waals surface area contributed by atoms with Gasteiger partial charge in [0, 0.05) is 17.5 Å². The van der Waals surface area contributed by atoms with Gasteiger partial charge in [0.15, 0.2) is 0 Å². The second-order valence-corrected chi connectivity index (χ2v) is 6.70. The summed E-state index contributed by atoms with van der Waals surface area (Å²) in [7, 11) is 0. The van der Waals surface area contributed by atoms with Crippen molar-refractivity contribution in [1.82, 2.24) is 5.32 Å². The zero-order valence-corrected chi connectivity index (χ0v) is 13.1. The zero-order valence-electron chi connectivity index (χ0n) is 12.3. The number of hydrogen-bond acceptors (Lipinski definition) is 3. The van der Waals surface area contributed by atoms with Gasteiger partial charge in [0.1, 0.15) is 0 Å². The minimum atomic E-state index is -0.452. The van der Waals surface area contributed by atoms with Crippen molar-refractivity contribution in [3.8, 4) is 0 Å². The van der Waals surface area contributed by atoms with E-state index in [1.54, 1.807) is 0 Å². The topological polar surface area (TPSA) is 32.3 Å². The summed E-state index contributed by atoms with van der Waals surface area (Å²) in [5.41, 5.74) is 3.56. The van der Waals surface area contributed by atoms with Crippen molar-refractivity contribution in [1.29, 1.82) is 0 Å². The molecule has 0 bridgehead atoms. The standard InChI is InChI=1S/C18H21NOS/c1-13-6-8-14(9-7-13)17(20)12-19-16-10-11-21-18-5-3-2-4-15(16)18/h2-9,16-17,19-20H,10-12H2,1H3. The Kier molecular flexibility index (Phi) is 4.63. The molecule has 110 valence electrons. The van der Waals surface area contributed by atoms with Gasteiger partial charge in [0.25, 0.3) is 0 Å². The molecule has 3 heteroatoms. The third-order valence-corrected chi connectivity index (χ3v) is 5.10. The van der Waals surface area contributed by atoms with Gasteiger partial charge in [0.05, 0.1) is 6.10 Å². The monoisotopic (exact) mass is 299 g/mol. The van der Waals surface area contributed by atoms with E-state index in [0.29, 0.717) is 12.6 Å². The molecule has 0 radical (unpaired) electrons. The van der Waals surface area contributed by atoms with Crippen LogP contribution in [0.3, 0.4) is 0 Å². The van der Waals surface area contributed by atoms with Crippen molar-refractivity contribution >= 4 is 11.8 Å². The molecule has 2 aromatic rings. The van der Waals surface area contributed by atoms with E-state index < -0.39 is 6.10 Å². The van der Waals surface area contributed by atoms with Gasteiger partial charge in [0.2, 0.25) is 0 Å². The first kappa shape index (κ1) is 14.6. The molecule has 0 aliphatic carbocycles. The lowest BCUT2D eigenvalue weighted by Gasteiger charge is -2.27. The minimum Gasteiger partial charge on any atom is -0.387 e. The van der Waals surface area contributed by atoms with Crippen molar-refractivity contribution in [2.45, 2.75) is 30.4 Å². The van der Waals surface area contributed by atoms with E-state index in [4.69, 9.17) is 0 Å². The van der Waals surface area contributed by atoms with E-state index in [0.717, 1.165) is 17.7 Å². The number of aliphatic hydroxyl groups excluding tert-OH is 1. The van der Waals surface area contributed by atoms with Crippen molar-refractivity contribution in [2.24, 2.45) is 0 Å². The molecule has 1 heterocycles. The number of hydrogen-bond donors (Lipinski definition) is 2. The molecular weight excluding hydrogens is 278 g/mol. The summed E-state index contributed by atoms with van der Waals surface area (Å²) in [5, 5.41) is 13.8. The van der Waals surface area contributed by atoms with Crippen LogP contribution in [0.2, 0.25) is 0 Å². The number of benzene rings is 2. The molecule has 1 aliphatic heterocycles. The van der Waals surface area contributed by atoms with E-state index in [1.807, 2.05) is 36.0 Å². The van der Waals surface area contributed by atoms with Crippen LogP contribution in [0.5, 0.6) is 0 Å². The molecule has 0 saturated carbocycles. The van der Waals surface area contributed by atoms with Crippen molar-refractivity contribution in [3.05, 3.63) is 65.2 Å². The molecule has 0 spiro atoms. The summed E-state index contributed by atoms with van der Waals surface area (Å²) in [5.74, 6) is 1.13. The predicted molar refractivity (Wildman–Crippen MR) is 88.7 cm³/mol. The predicted octanol–water partition coefficient (Wildman–Crippen LogP) is 3.86. The fourth-order valence-corrected chi connectivity index (χ4v) is 3.84. The highest BCUT2D eigenvalue weighted by atomic mass is 32.2. The van der Waals surface area contributed by atoms with E-state index in [2.05, 4.69) is 36.5 Å². The van der Waals surface area contributed by atoms with Crippen LogP contribution in [0.1, 0.15) is 35.3 Å². The van der Waals surface area contributed by atoms with E-state index in [9.17, 15) is 5.11 Å². The Bertz CT molecular complexity index is 596. The summed E-state index contributed by atoms with van der Waals surface area (Å²) in [6.45, 7) is 2.65. The van der Waals surface area contributed by atoms with E-state index in [1.165, 1.54) is 16.0 Å². The first-order valence-electron chi connectivity index (χ1n) is 7.44. The Labute approximate surface area is 130 Å². The highest BCUT2D eigenvalue weighted by Crippen LogP contribution is 2.35. The van der Waals surface area contributed by atoms with Gasteiger partial charge in [-0.05, 0) is 36.3 Å². The molecule has 21 heavy (non-hydrogen) atoms. The Morgan fingerprint density at radius 1 is 1.19 bits per heavy atom. The SMILES string of the molecule is Cc1ccc(C(O)CNC2CCSc3ccccc32)cc1. The molecule has 0 amide bonds. The molecule has 2 aromatic carbocycles. The molecule has 2 nitrogen and oxygen atoms in total. The minimum absolute atomic E-state index is 0.350. The Morgan fingerprint density at radius 3 is 2.76 bits per heavy atom. The largest absolute Gasteiger partial charge is 0.387 e. The first-order chi connectivity index (χ1) is 10.2. The summed E-state index contributed by atoms with van der Waals surface area (Å²) in [4.78, 5) is 1.37. The second-order valence-electron chi connectivity index (χ2n) is 5.56. The van der Waals surface area contributed by atoms with Crippen LogP contribution in [0.4, 0.5) is 0 Å². The van der Waals surface area contributed by atoms with Gasteiger partial charge >= 0.3 is 0 Å². The van der Waals surface area contributed by atoms with Gasteiger partial charge in [-0.1, -0.05) is 48.0 Å². The van der Waals surface area contributed by atoms with Gasteiger partial charge in [-0.25, -0.2) is 0 Å². The van der Waals surface area contributed by atoms with Crippen molar-refractivity contribution in [2.75, 3.05) is 12.3 Å². The lowest BCUT2D eigenvalue weighted by molar-refractivity contribution is 0.169. The number of aryl methyl sites for hydroxylation is 1. The maximum atomic E-state index is 10.3. The number of rotatable bonds is 4. The lowest BCUT2D eigenvalue weighted by atomic mass is 10.0. The fourth-order valence-electron chi connectivity index (χ4n) is 2.71. The van der Waals surface area contributed by atoms with Crippen LogP contribution in [0, 0.1) is 6.92 Å². The highest BCUT2D eigenvalue weighted by Gasteiger charge is 2.20.